The molecular weight excluding hydrogens is 378 g/mol. The molecule has 1 unspecified atom stereocenters. The summed E-state index contributed by atoms with van der Waals surface area (Å²) in [6.45, 7) is 5.86. The number of rotatable bonds is 8. The highest BCUT2D eigenvalue weighted by Gasteiger charge is 2.28. The highest BCUT2D eigenvalue weighted by atomic mass is 16.5. The lowest BCUT2D eigenvalue weighted by molar-refractivity contribution is -0.117. The Hall–Kier alpha value is -2.73. The van der Waals surface area contributed by atoms with Crippen molar-refractivity contribution in [3.63, 3.8) is 0 Å². The van der Waals surface area contributed by atoms with Gasteiger partial charge in [-0.3, -0.25) is 4.79 Å². The molecule has 0 aliphatic heterocycles. The van der Waals surface area contributed by atoms with Gasteiger partial charge < -0.3 is 14.8 Å². The second kappa shape index (κ2) is 9.39. The van der Waals surface area contributed by atoms with E-state index < -0.39 is 0 Å². The predicted octanol–water partition coefficient (Wildman–Crippen LogP) is 4.37. The Kier molecular flexibility index (Phi) is 6.43. The van der Waals surface area contributed by atoms with Crippen molar-refractivity contribution in [2.75, 3.05) is 0 Å². The topological polar surface area (TPSA) is 73.3 Å². The second-order valence-corrected chi connectivity index (χ2v) is 8.23. The van der Waals surface area contributed by atoms with E-state index in [1.165, 1.54) is 18.9 Å². The first-order chi connectivity index (χ1) is 14.6. The van der Waals surface area contributed by atoms with Crippen molar-refractivity contribution in [3.05, 3.63) is 60.2 Å². The van der Waals surface area contributed by atoms with Crippen LogP contribution < -0.4 is 10.1 Å². The number of amides is 1. The Morgan fingerprint density at radius 3 is 2.47 bits per heavy atom. The minimum Gasteiger partial charge on any atom is -0.490 e. The van der Waals surface area contributed by atoms with Gasteiger partial charge in [0, 0.05) is 25.0 Å². The van der Waals surface area contributed by atoms with Crippen LogP contribution in [-0.4, -0.2) is 28.1 Å². The van der Waals surface area contributed by atoms with Gasteiger partial charge in [-0.2, -0.15) is 0 Å². The van der Waals surface area contributed by atoms with Crippen LogP contribution in [-0.2, 0) is 16.1 Å². The van der Waals surface area contributed by atoms with Crippen LogP contribution in [0.1, 0.15) is 68.3 Å². The first-order valence-corrected chi connectivity index (χ1v) is 10.7. The minimum atomic E-state index is -0.125. The SMILES string of the molecule is C=C(NC(C)=O)c1ccc(O[C@@H]2CCC(c3cnc(COC4CCC4)nc3)C2)cc1. The average molecular weight is 408 g/mol. The molecule has 1 N–H and O–H groups in total. The molecule has 2 fully saturated rings. The van der Waals surface area contributed by atoms with E-state index in [-0.39, 0.29) is 12.0 Å². The lowest BCUT2D eigenvalue weighted by Gasteiger charge is -2.25. The van der Waals surface area contributed by atoms with Crippen LogP contribution in [0.3, 0.4) is 0 Å². The summed E-state index contributed by atoms with van der Waals surface area (Å²) in [4.78, 5) is 20.1. The first kappa shape index (κ1) is 20.5. The number of benzene rings is 1. The molecule has 1 amide bonds. The Bertz CT molecular complexity index is 876. The smallest absolute Gasteiger partial charge is 0.221 e. The molecule has 2 aromatic rings. The molecule has 0 radical (unpaired) electrons. The Morgan fingerprint density at radius 2 is 1.83 bits per heavy atom. The fourth-order valence-electron chi connectivity index (χ4n) is 3.94. The summed E-state index contributed by atoms with van der Waals surface area (Å²) in [6, 6.07) is 7.68. The number of hydrogen-bond donors (Lipinski definition) is 1. The number of carbonyl (C=O) groups excluding carboxylic acids is 1. The van der Waals surface area contributed by atoms with Crippen molar-refractivity contribution in [3.8, 4) is 5.75 Å². The van der Waals surface area contributed by atoms with Gasteiger partial charge in [0.15, 0.2) is 5.82 Å². The number of nitrogens with one attached hydrogen (secondary N) is 1. The zero-order valence-corrected chi connectivity index (χ0v) is 17.5. The van der Waals surface area contributed by atoms with Crippen LogP contribution in [0.5, 0.6) is 5.75 Å². The van der Waals surface area contributed by atoms with Crippen molar-refractivity contribution >= 4 is 11.6 Å². The van der Waals surface area contributed by atoms with Gasteiger partial charge in [0.1, 0.15) is 12.4 Å². The van der Waals surface area contributed by atoms with Gasteiger partial charge in [0.25, 0.3) is 0 Å². The van der Waals surface area contributed by atoms with Crippen LogP contribution in [0.2, 0.25) is 0 Å². The molecule has 1 aromatic carbocycles. The molecular formula is C24H29N3O3. The maximum atomic E-state index is 11.2. The summed E-state index contributed by atoms with van der Waals surface area (Å²) in [5.41, 5.74) is 2.65. The number of nitrogens with zero attached hydrogens (tertiary/aromatic N) is 2. The summed E-state index contributed by atoms with van der Waals surface area (Å²) in [6.07, 6.45) is 11.1. The molecule has 4 rings (SSSR count). The fraction of sp³-hybridized carbons (Fsp3) is 0.458. The lowest BCUT2D eigenvalue weighted by Crippen LogP contribution is -2.21. The monoisotopic (exact) mass is 407 g/mol. The van der Waals surface area contributed by atoms with Gasteiger partial charge in [0.2, 0.25) is 5.91 Å². The summed E-state index contributed by atoms with van der Waals surface area (Å²) in [5, 5.41) is 2.70. The third-order valence-corrected chi connectivity index (χ3v) is 5.91. The van der Waals surface area contributed by atoms with E-state index in [1.807, 2.05) is 36.7 Å². The minimum absolute atomic E-state index is 0.125. The quantitative estimate of drug-likeness (QED) is 0.703. The van der Waals surface area contributed by atoms with E-state index in [9.17, 15) is 4.79 Å². The van der Waals surface area contributed by atoms with E-state index in [4.69, 9.17) is 9.47 Å². The van der Waals surface area contributed by atoms with Crippen LogP contribution in [0.25, 0.3) is 5.70 Å². The predicted molar refractivity (Wildman–Crippen MR) is 115 cm³/mol. The van der Waals surface area contributed by atoms with Crippen molar-refractivity contribution in [2.24, 2.45) is 0 Å². The molecule has 0 bridgehead atoms. The highest BCUT2D eigenvalue weighted by molar-refractivity contribution is 5.84. The molecule has 1 aromatic heterocycles. The van der Waals surface area contributed by atoms with Gasteiger partial charge in [0.05, 0.1) is 12.2 Å². The van der Waals surface area contributed by atoms with Gasteiger partial charge in [-0.05, 0) is 79.8 Å². The average Bonchev–Trinajstić information content (AvgIpc) is 3.16. The summed E-state index contributed by atoms with van der Waals surface area (Å²) < 4.78 is 12.0. The van der Waals surface area contributed by atoms with E-state index in [0.29, 0.717) is 24.3 Å². The van der Waals surface area contributed by atoms with Crippen molar-refractivity contribution in [1.29, 1.82) is 0 Å². The van der Waals surface area contributed by atoms with Crippen LogP contribution in [0, 0.1) is 0 Å². The number of aromatic nitrogens is 2. The maximum Gasteiger partial charge on any atom is 0.221 e. The summed E-state index contributed by atoms with van der Waals surface area (Å²) in [5.74, 6) is 1.90. The Balaban J connectivity index is 1.27. The van der Waals surface area contributed by atoms with Crippen molar-refractivity contribution < 1.29 is 14.3 Å². The zero-order valence-electron chi connectivity index (χ0n) is 17.5. The number of carbonyl (C=O) groups is 1. The zero-order chi connectivity index (χ0) is 20.9. The van der Waals surface area contributed by atoms with Crippen LogP contribution >= 0.6 is 0 Å². The van der Waals surface area contributed by atoms with Gasteiger partial charge >= 0.3 is 0 Å². The molecule has 158 valence electrons. The first-order valence-electron chi connectivity index (χ1n) is 10.7. The molecule has 2 atom stereocenters. The molecule has 0 spiro atoms. The lowest BCUT2D eigenvalue weighted by atomic mass is 9.96. The van der Waals surface area contributed by atoms with Gasteiger partial charge in [-0.15, -0.1) is 0 Å². The fourth-order valence-corrected chi connectivity index (χ4v) is 3.94. The maximum absolute atomic E-state index is 11.2. The normalized spacial score (nSPS) is 21.1. The highest BCUT2D eigenvalue weighted by Crippen LogP contribution is 2.36. The summed E-state index contributed by atoms with van der Waals surface area (Å²) >= 11 is 0. The standard InChI is InChI=1S/C24H29N3O3/c1-16(27-17(2)28)18-6-9-22(10-7-18)30-23-11-8-19(12-23)20-13-25-24(26-14-20)15-29-21-4-3-5-21/h6-7,9-10,13-14,19,21,23H,1,3-5,8,11-12,15H2,2H3,(H,27,28)/t19?,23-/m1/s1. The molecule has 6 nitrogen and oxygen atoms in total. The van der Waals surface area contributed by atoms with Gasteiger partial charge in [-0.25, -0.2) is 9.97 Å². The number of ether oxygens (including phenoxy) is 2. The largest absolute Gasteiger partial charge is 0.490 e. The van der Waals surface area contributed by atoms with E-state index in [2.05, 4.69) is 21.9 Å². The molecule has 0 saturated heterocycles. The van der Waals surface area contributed by atoms with Gasteiger partial charge in [-0.1, -0.05) is 6.58 Å². The van der Waals surface area contributed by atoms with Crippen LogP contribution in [0.4, 0.5) is 0 Å². The molecule has 2 saturated carbocycles. The van der Waals surface area contributed by atoms with Crippen LogP contribution in [0.15, 0.2) is 43.2 Å². The molecule has 6 heteroatoms. The van der Waals surface area contributed by atoms with E-state index >= 15 is 0 Å². The van der Waals surface area contributed by atoms with E-state index in [0.717, 1.165) is 49.2 Å². The Labute approximate surface area is 177 Å². The molecule has 2 aliphatic carbocycles. The van der Waals surface area contributed by atoms with Crippen molar-refractivity contribution in [2.45, 2.75) is 70.2 Å². The molecule has 2 aliphatic rings. The Morgan fingerprint density at radius 1 is 1.10 bits per heavy atom. The third-order valence-electron chi connectivity index (χ3n) is 5.91. The number of hydrogen-bond acceptors (Lipinski definition) is 5. The molecule has 1 heterocycles. The van der Waals surface area contributed by atoms with Crippen molar-refractivity contribution in [1.82, 2.24) is 15.3 Å². The van der Waals surface area contributed by atoms with E-state index in [1.54, 1.807) is 0 Å². The summed E-state index contributed by atoms with van der Waals surface area (Å²) in [7, 11) is 0. The third kappa shape index (κ3) is 5.25. The molecule has 30 heavy (non-hydrogen) atoms. The second-order valence-electron chi connectivity index (χ2n) is 8.23.